The first kappa shape index (κ1) is 16.8. The smallest absolute Gasteiger partial charge is 0.211 e. The first-order valence-corrected chi connectivity index (χ1v) is 7.55. The minimum atomic E-state index is -0.110. The van der Waals surface area contributed by atoms with E-state index in [-0.39, 0.29) is 5.96 Å². The van der Waals surface area contributed by atoms with Crippen LogP contribution in [0, 0.1) is 0 Å². The molecule has 23 heavy (non-hydrogen) atoms. The lowest BCUT2D eigenvalue weighted by molar-refractivity contribution is 0.284. The van der Waals surface area contributed by atoms with E-state index >= 15 is 0 Å². The summed E-state index contributed by atoms with van der Waals surface area (Å²) in [7, 11) is 1.58. The van der Waals surface area contributed by atoms with Gasteiger partial charge in [-0.25, -0.2) is 0 Å². The number of guanidine groups is 1. The number of para-hydroxylation sites is 1. The Kier molecular flexibility index (Phi) is 5.99. The zero-order valence-electron chi connectivity index (χ0n) is 12.6. The SMILES string of the molecule is COc1cccc(C=NN=C(N)N)c1OCc1cccc(Br)c1. The quantitative estimate of drug-likeness (QED) is 0.460. The highest BCUT2D eigenvalue weighted by Crippen LogP contribution is 2.31. The summed E-state index contributed by atoms with van der Waals surface area (Å²) < 4.78 is 12.2. The number of benzene rings is 2. The molecule has 0 fully saturated rings. The maximum Gasteiger partial charge on any atom is 0.211 e. The van der Waals surface area contributed by atoms with Gasteiger partial charge >= 0.3 is 0 Å². The Balaban J connectivity index is 2.24. The summed E-state index contributed by atoms with van der Waals surface area (Å²) in [6, 6.07) is 13.4. The number of hydrogen-bond acceptors (Lipinski definition) is 4. The summed E-state index contributed by atoms with van der Waals surface area (Å²) in [5, 5.41) is 7.40. The Hall–Kier alpha value is -2.54. The van der Waals surface area contributed by atoms with Crippen molar-refractivity contribution in [3.8, 4) is 11.5 Å². The molecule has 0 unspecified atom stereocenters. The van der Waals surface area contributed by atoms with Gasteiger partial charge in [0, 0.05) is 10.0 Å². The minimum absolute atomic E-state index is 0.110. The molecule has 0 amide bonds. The van der Waals surface area contributed by atoms with Crippen molar-refractivity contribution in [2.75, 3.05) is 7.11 Å². The molecule has 0 aliphatic carbocycles. The van der Waals surface area contributed by atoms with E-state index < -0.39 is 0 Å². The highest BCUT2D eigenvalue weighted by molar-refractivity contribution is 9.10. The lowest BCUT2D eigenvalue weighted by Crippen LogP contribution is -2.21. The van der Waals surface area contributed by atoms with Gasteiger partial charge in [0.2, 0.25) is 5.96 Å². The summed E-state index contributed by atoms with van der Waals surface area (Å²) >= 11 is 3.44. The molecule has 4 N–H and O–H groups in total. The average Bonchev–Trinajstić information content (AvgIpc) is 2.53. The van der Waals surface area contributed by atoms with Crippen molar-refractivity contribution in [3.63, 3.8) is 0 Å². The molecule has 0 aliphatic heterocycles. The second kappa shape index (κ2) is 8.19. The summed E-state index contributed by atoms with van der Waals surface area (Å²) in [5.41, 5.74) is 12.2. The van der Waals surface area contributed by atoms with E-state index in [1.807, 2.05) is 42.5 Å². The van der Waals surface area contributed by atoms with Gasteiger partial charge in [-0.05, 0) is 29.8 Å². The van der Waals surface area contributed by atoms with Crippen molar-refractivity contribution in [1.82, 2.24) is 0 Å². The predicted octanol–water partition coefficient (Wildman–Crippen LogP) is 2.64. The van der Waals surface area contributed by atoms with Crippen LogP contribution in [0.3, 0.4) is 0 Å². The molecule has 0 radical (unpaired) electrons. The van der Waals surface area contributed by atoms with Crippen molar-refractivity contribution < 1.29 is 9.47 Å². The fourth-order valence-electron chi connectivity index (χ4n) is 1.89. The van der Waals surface area contributed by atoms with Crippen molar-refractivity contribution >= 4 is 28.1 Å². The Morgan fingerprint density at radius 1 is 1.22 bits per heavy atom. The number of hydrogen-bond donors (Lipinski definition) is 2. The van der Waals surface area contributed by atoms with Crippen molar-refractivity contribution in [2.45, 2.75) is 6.61 Å². The van der Waals surface area contributed by atoms with Gasteiger partial charge in [0.15, 0.2) is 11.5 Å². The first-order valence-electron chi connectivity index (χ1n) is 6.76. The molecule has 0 saturated carbocycles. The molecule has 7 heteroatoms. The second-order valence-corrected chi connectivity index (χ2v) is 5.48. The molecule has 0 aliphatic rings. The van der Waals surface area contributed by atoms with Gasteiger partial charge in [0.1, 0.15) is 6.61 Å². The molecule has 0 spiro atoms. The van der Waals surface area contributed by atoms with Crippen molar-refractivity contribution in [3.05, 3.63) is 58.1 Å². The van der Waals surface area contributed by atoms with E-state index in [1.54, 1.807) is 7.11 Å². The molecule has 2 aromatic carbocycles. The summed E-state index contributed by atoms with van der Waals surface area (Å²) in [5.74, 6) is 1.07. The molecule has 2 aromatic rings. The number of halogens is 1. The Morgan fingerprint density at radius 3 is 2.70 bits per heavy atom. The van der Waals surface area contributed by atoms with Crippen LogP contribution in [0.15, 0.2) is 57.1 Å². The largest absolute Gasteiger partial charge is 0.493 e. The lowest BCUT2D eigenvalue weighted by Gasteiger charge is -2.13. The van der Waals surface area contributed by atoms with Gasteiger partial charge in [0.05, 0.1) is 13.3 Å². The van der Waals surface area contributed by atoms with E-state index in [1.165, 1.54) is 6.21 Å². The van der Waals surface area contributed by atoms with E-state index in [0.717, 1.165) is 10.0 Å². The third kappa shape index (κ3) is 5.00. The van der Waals surface area contributed by atoms with Crippen LogP contribution in [0.5, 0.6) is 11.5 Å². The molecular formula is C16H17BrN4O2. The molecule has 2 rings (SSSR count). The Bertz CT molecular complexity index is 728. The van der Waals surface area contributed by atoms with E-state index in [4.69, 9.17) is 20.9 Å². The molecule has 0 bridgehead atoms. The molecule has 6 nitrogen and oxygen atoms in total. The molecular weight excluding hydrogens is 360 g/mol. The average molecular weight is 377 g/mol. The Morgan fingerprint density at radius 2 is 2.00 bits per heavy atom. The van der Waals surface area contributed by atoms with E-state index in [0.29, 0.717) is 23.7 Å². The molecule has 0 saturated heterocycles. The van der Waals surface area contributed by atoms with Crippen LogP contribution in [0.2, 0.25) is 0 Å². The second-order valence-electron chi connectivity index (χ2n) is 4.57. The maximum atomic E-state index is 5.91. The van der Waals surface area contributed by atoms with Gasteiger partial charge < -0.3 is 20.9 Å². The molecule has 0 heterocycles. The minimum Gasteiger partial charge on any atom is -0.493 e. The van der Waals surface area contributed by atoms with Gasteiger partial charge in [-0.2, -0.15) is 5.10 Å². The van der Waals surface area contributed by atoms with E-state index in [9.17, 15) is 0 Å². The fraction of sp³-hybridized carbons (Fsp3) is 0.125. The first-order chi connectivity index (χ1) is 11.1. The zero-order chi connectivity index (χ0) is 16.7. The molecule has 0 aromatic heterocycles. The monoisotopic (exact) mass is 376 g/mol. The number of nitrogens with zero attached hydrogens (tertiary/aromatic N) is 2. The number of methoxy groups -OCH3 is 1. The van der Waals surface area contributed by atoms with Crippen LogP contribution in [-0.4, -0.2) is 19.3 Å². The Labute approximate surface area is 142 Å². The van der Waals surface area contributed by atoms with Crippen LogP contribution < -0.4 is 20.9 Å². The van der Waals surface area contributed by atoms with Crippen molar-refractivity contribution in [1.29, 1.82) is 0 Å². The van der Waals surface area contributed by atoms with Crippen molar-refractivity contribution in [2.24, 2.45) is 21.7 Å². The van der Waals surface area contributed by atoms with Gasteiger partial charge in [-0.1, -0.05) is 34.1 Å². The van der Waals surface area contributed by atoms with Gasteiger partial charge in [-0.15, -0.1) is 5.10 Å². The van der Waals surface area contributed by atoms with E-state index in [2.05, 4.69) is 26.1 Å². The highest BCUT2D eigenvalue weighted by atomic mass is 79.9. The maximum absolute atomic E-state index is 5.91. The van der Waals surface area contributed by atoms with Crippen LogP contribution in [0.25, 0.3) is 0 Å². The standard InChI is InChI=1S/C16H17BrN4O2/c1-22-14-7-3-5-12(9-20-21-16(18)19)15(14)23-10-11-4-2-6-13(17)8-11/h2-9H,10H2,1H3,(H4,18,19,21). The van der Waals surface area contributed by atoms with Crippen LogP contribution in [-0.2, 0) is 6.61 Å². The summed E-state index contributed by atoms with van der Waals surface area (Å²) in [4.78, 5) is 0. The number of rotatable bonds is 6. The molecule has 120 valence electrons. The zero-order valence-corrected chi connectivity index (χ0v) is 14.2. The van der Waals surface area contributed by atoms with Crippen LogP contribution in [0.1, 0.15) is 11.1 Å². The lowest BCUT2D eigenvalue weighted by atomic mass is 10.2. The normalized spacial score (nSPS) is 10.5. The predicted molar refractivity (Wildman–Crippen MR) is 94.9 cm³/mol. The van der Waals surface area contributed by atoms with Crippen LogP contribution in [0.4, 0.5) is 0 Å². The highest BCUT2D eigenvalue weighted by Gasteiger charge is 2.09. The van der Waals surface area contributed by atoms with Gasteiger partial charge in [0.25, 0.3) is 0 Å². The third-order valence-electron chi connectivity index (χ3n) is 2.87. The van der Waals surface area contributed by atoms with Crippen LogP contribution >= 0.6 is 15.9 Å². The number of nitrogens with two attached hydrogens (primary N) is 2. The van der Waals surface area contributed by atoms with Gasteiger partial charge in [-0.3, -0.25) is 0 Å². The molecule has 0 atom stereocenters. The third-order valence-corrected chi connectivity index (χ3v) is 3.36. The topological polar surface area (TPSA) is 95.2 Å². The summed E-state index contributed by atoms with van der Waals surface area (Å²) in [6.07, 6.45) is 1.51. The number of ether oxygens (including phenoxy) is 2. The summed E-state index contributed by atoms with van der Waals surface area (Å²) in [6.45, 7) is 0.392. The fourth-order valence-corrected chi connectivity index (χ4v) is 2.34.